The highest BCUT2D eigenvalue weighted by atomic mass is 32.1. The molecule has 2 rings (SSSR count). The molecular weight excluding hydrogens is 270 g/mol. The summed E-state index contributed by atoms with van der Waals surface area (Å²) in [6.45, 7) is 9.35. The van der Waals surface area contributed by atoms with Crippen LogP contribution in [-0.2, 0) is 11.2 Å². The minimum Gasteiger partial charge on any atom is -0.373 e. The third-order valence-corrected chi connectivity index (χ3v) is 4.44. The van der Waals surface area contributed by atoms with Gasteiger partial charge in [0.25, 0.3) is 0 Å². The summed E-state index contributed by atoms with van der Waals surface area (Å²) in [5.41, 5.74) is 0. The van der Waals surface area contributed by atoms with Gasteiger partial charge in [-0.05, 0) is 25.3 Å². The Hall–Kier alpha value is -1.20. The van der Waals surface area contributed by atoms with Gasteiger partial charge in [-0.15, -0.1) is 11.3 Å². The van der Waals surface area contributed by atoms with Crippen LogP contribution in [0, 0.1) is 5.92 Å². The first-order chi connectivity index (χ1) is 9.60. The van der Waals surface area contributed by atoms with Gasteiger partial charge in [0.05, 0.1) is 5.39 Å². The van der Waals surface area contributed by atoms with Crippen molar-refractivity contribution in [1.29, 1.82) is 0 Å². The number of methoxy groups -OCH3 is 1. The van der Waals surface area contributed by atoms with Crippen molar-refractivity contribution in [3.63, 3.8) is 0 Å². The molecule has 1 unspecified atom stereocenters. The average molecular weight is 293 g/mol. The second-order valence-electron chi connectivity index (χ2n) is 5.15. The number of nitrogens with one attached hydrogen (secondary N) is 1. The molecule has 110 valence electrons. The molecular formula is C15H23N3OS. The fraction of sp³-hybridized carbons (Fsp3) is 0.600. The quantitative estimate of drug-likeness (QED) is 0.873. The Labute approximate surface area is 124 Å². The molecule has 0 saturated carbocycles. The molecule has 0 aliphatic carbocycles. The first-order valence-corrected chi connectivity index (χ1v) is 7.99. The number of rotatable bonds is 6. The van der Waals surface area contributed by atoms with E-state index in [1.165, 1.54) is 4.88 Å². The third kappa shape index (κ3) is 2.94. The predicted octanol–water partition coefficient (Wildman–Crippen LogP) is 4.03. The summed E-state index contributed by atoms with van der Waals surface area (Å²) >= 11 is 1.74. The van der Waals surface area contributed by atoms with Crippen LogP contribution in [0.2, 0.25) is 0 Å². The van der Waals surface area contributed by atoms with Gasteiger partial charge in [0.1, 0.15) is 16.8 Å². The molecule has 0 amide bonds. The Balaban J connectivity index is 2.56. The van der Waals surface area contributed by atoms with Crippen LogP contribution in [0.5, 0.6) is 0 Å². The van der Waals surface area contributed by atoms with Crippen molar-refractivity contribution in [3.05, 3.63) is 16.8 Å². The summed E-state index contributed by atoms with van der Waals surface area (Å²) in [7, 11) is 1.72. The number of fused-ring (bicyclic) bond motifs is 1. The first-order valence-electron chi connectivity index (χ1n) is 7.17. The molecule has 2 heterocycles. The second kappa shape index (κ2) is 6.50. The van der Waals surface area contributed by atoms with E-state index < -0.39 is 0 Å². The standard InChI is InChI=1S/C15H23N3OS/c1-6-10-8-11-13(16-7-2)17-14(18-15(11)20-10)12(19-5)9(3)4/h8-9,12H,6-7H2,1-5H3,(H,16,17,18). The molecule has 0 radical (unpaired) electrons. The Bertz CT molecular complexity index is 580. The number of aryl methyl sites for hydroxylation is 1. The number of hydrogen-bond donors (Lipinski definition) is 1. The summed E-state index contributed by atoms with van der Waals surface area (Å²) in [5, 5.41) is 4.47. The predicted molar refractivity (Wildman–Crippen MR) is 85.5 cm³/mol. The SMILES string of the molecule is CCNc1nc(C(OC)C(C)C)nc2sc(CC)cc12. The van der Waals surface area contributed by atoms with Crippen LogP contribution in [0.4, 0.5) is 5.82 Å². The normalized spacial score (nSPS) is 13.1. The number of nitrogens with zero attached hydrogens (tertiary/aromatic N) is 2. The third-order valence-electron chi connectivity index (χ3n) is 3.27. The first kappa shape index (κ1) is 15.2. The van der Waals surface area contributed by atoms with Crippen LogP contribution in [-0.4, -0.2) is 23.6 Å². The number of hydrogen-bond acceptors (Lipinski definition) is 5. The van der Waals surface area contributed by atoms with Gasteiger partial charge in [0.2, 0.25) is 0 Å². The van der Waals surface area contributed by atoms with Crippen LogP contribution in [0.1, 0.15) is 44.5 Å². The molecule has 1 atom stereocenters. The van der Waals surface area contributed by atoms with Crippen LogP contribution >= 0.6 is 11.3 Å². The molecule has 5 heteroatoms. The van der Waals surface area contributed by atoms with E-state index in [-0.39, 0.29) is 6.10 Å². The van der Waals surface area contributed by atoms with E-state index in [1.54, 1.807) is 18.4 Å². The summed E-state index contributed by atoms with van der Waals surface area (Å²) in [6.07, 6.45) is 0.962. The van der Waals surface area contributed by atoms with Crippen molar-refractivity contribution in [1.82, 2.24) is 9.97 Å². The molecule has 4 nitrogen and oxygen atoms in total. The van der Waals surface area contributed by atoms with E-state index >= 15 is 0 Å². The minimum atomic E-state index is -0.0658. The summed E-state index contributed by atoms with van der Waals surface area (Å²) in [4.78, 5) is 11.8. The van der Waals surface area contributed by atoms with Crippen LogP contribution in [0.3, 0.4) is 0 Å². The Morgan fingerprint density at radius 2 is 2.05 bits per heavy atom. The lowest BCUT2D eigenvalue weighted by Crippen LogP contribution is -2.14. The highest BCUT2D eigenvalue weighted by Gasteiger charge is 2.21. The van der Waals surface area contributed by atoms with Crippen molar-refractivity contribution >= 4 is 27.4 Å². The summed E-state index contributed by atoms with van der Waals surface area (Å²) < 4.78 is 5.56. The van der Waals surface area contributed by atoms with Crippen LogP contribution in [0.25, 0.3) is 10.2 Å². The number of anilines is 1. The molecule has 0 aromatic carbocycles. The molecule has 0 bridgehead atoms. The van der Waals surface area contributed by atoms with E-state index in [2.05, 4.69) is 39.1 Å². The zero-order chi connectivity index (χ0) is 14.7. The smallest absolute Gasteiger partial charge is 0.161 e. The van der Waals surface area contributed by atoms with Gasteiger partial charge in [-0.25, -0.2) is 9.97 Å². The van der Waals surface area contributed by atoms with Crippen molar-refractivity contribution in [2.75, 3.05) is 19.0 Å². The minimum absolute atomic E-state index is 0.0658. The molecule has 20 heavy (non-hydrogen) atoms. The number of thiophene rings is 1. The topological polar surface area (TPSA) is 47.0 Å². The second-order valence-corrected chi connectivity index (χ2v) is 6.26. The van der Waals surface area contributed by atoms with E-state index in [9.17, 15) is 0 Å². The van der Waals surface area contributed by atoms with E-state index in [0.717, 1.165) is 34.8 Å². The lowest BCUT2D eigenvalue weighted by Gasteiger charge is -2.18. The fourth-order valence-corrected chi connectivity index (χ4v) is 3.24. The van der Waals surface area contributed by atoms with Gasteiger partial charge in [0, 0.05) is 18.5 Å². The summed E-state index contributed by atoms with van der Waals surface area (Å²) in [5.74, 6) is 2.04. The van der Waals surface area contributed by atoms with Gasteiger partial charge in [-0.1, -0.05) is 20.8 Å². The number of aromatic nitrogens is 2. The molecule has 0 fully saturated rings. The maximum absolute atomic E-state index is 5.56. The Morgan fingerprint density at radius 1 is 1.30 bits per heavy atom. The molecule has 2 aromatic rings. The van der Waals surface area contributed by atoms with E-state index in [4.69, 9.17) is 14.7 Å². The van der Waals surface area contributed by atoms with Gasteiger partial charge in [0.15, 0.2) is 5.82 Å². The number of ether oxygens (including phenoxy) is 1. The molecule has 0 aliphatic heterocycles. The van der Waals surface area contributed by atoms with Crippen molar-refractivity contribution in [3.8, 4) is 0 Å². The van der Waals surface area contributed by atoms with Gasteiger partial charge in [-0.2, -0.15) is 0 Å². The average Bonchev–Trinajstić information content (AvgIpc) is 2.83. The molecule has 0 spiro atoms. The van der Waals surface area contributed by atoms with Gasteiger partial charge < -0.3 is 10.1 Å². The van der Waals surface area contributed by atoms with E-state index in [1.807, 2.05) is 0 Å². The van der Waals surface area contributed by atoms with Crippen molar-refractivity contribution in [2.24, 2.45) is 5.92 Å². The zero-order valence-electron chi connectivity index (χ0n) is 12.9. The van der Waals surface area contributed by atoms with Crippen molar-refractivity contribution in [2.45, 2.75) is 40.2 Å². The Kier molecular flexibility index (Phi) is 4.94. The van der Waals surface area contributed by atoms with Crippen LogP contribution < -0.4 is 5.32 Å². The van der Waals surface area contributed by atoms with Crippen molar-refractivity contribution < 1.29 is 4.74 Å². The fourth-order valence-electron chi connectivity index (χ4n) is 2.27. The zero-order valence-corrected chi connectivity index (χ0v) is 13.7. The molecule has 0 saturated heterocycles. The highest BCUT2D eigenvalue weighted by molar-refractivity contribution is 7.18. The molecule has 0 aliphatic rings. The summed E-state index contributed by atoms with van der Waals surface area (Å²) in [6, 6.07) is 2.19. The largest absolute Gasteiger partial charge is 0.373 e. The Morgan fingerprint density at radius 3 is 2.60 bits per heavy atom. The van der Waals surface area contributed by atoms with Crippen LogP contribution in [0.15, 0.2) is 6.07 Å². The molecule has 2 aromatic heterocycles. The highest BCUT2D eigenvalue weighted by Crippen LogP contribution is 2.32. The van der Waals surface area contributed by atoms with E-state index in [0.29, 0.717) is 5.92 Å². The van der Waals surface area contributed by atoms with Gasteiger partial charge >= 0.3 is 0 Å². The lowest BCUT2D eigenvalue weighted by atomic mass is 10.1. The lowest BCUT2D eigenvalue weighted by molar-refractivity contribution is 0.0579. The maximum atomic E-state index is 5.56. The monoisotopic (exact) mass is 293 g/mol. The molecule has 1 N–H and O–H groups in total. The van der Waals surface area contributed by atoms with Gasteiger partial charge in [-0.3, -0.25) is 0 Å². The maximum Gasteiger partial charge on any atom is 0.161 e.